The van der Waals surface area contributed by atoms with Crippen molar-refractivity contribution in [3.63, 3.8) is 0 Å². The predicted octanol–water partition coefficient (Wildman–Crippen LogP) is 3.90. The number of aliphatic imine (C=N–C) groups is 1. The summed E-state index contributed by atoms with van der Waals surface area (Å²) in [5, 5.41) is 3.42. The number of thioether (sulfide) groups is 1. The highest BCUT2D eigenvalue weighted by Crippen LogP contribution is 2.40. The number of para-hydroxylation sites is 1. The van der Waals surface area contributed by atoms with Crippen molar-refractivity contribution >= 4 is 71.3 Å². The van der Waals surface area contributed by atoms with Gasteiger partial charge in [-0.3, -0.25) is 23.2 Å². The smallest absolute Gasteiger partial charge is 0.273 e. The monoisotopic (exact) mass is 554 g/mol. The summed E-state index contributed by atoms with van der Waals surface area (Å²) in [4.78, 5) is 22.4. The van der Waals surface area contributed by atoms with Crippen LogP contribution in [0, 0.1) is 0 Å². The number of amides is 1. The minimum Gasteiger partial charge on any atom is -0.351 e. The Bertz CT molecular complexity index is 1370. The summed E-state index contributed by atoms with van der Waals surface area (Å²) in [5.74, 6) is 0.492. The maximum absolute atomic E-state index is 13.0. The molecule has 1 unspecified atom stereocenters. The SMILES string of the molecule is CN(c1cccc2cc(C3=NCC(CC(=O)N4CCS(O)(O)CC4)S3)[nH]c12)S(=O)(=O)c1cccs1. The second-order valence-electron chi connectivity index (χ2n) is 8.51. The van der Waals surface area contributed by atoms with E-state index in [0.29, 0.717) is 37.3 Å². The Hall–Kier alpha value is -2.03. The van der Waals surface area contributed by atoms with Gasteiger partial charge in [0, 0.05) is 37.2 Å². The molecule has 2 aromatic heterocycles. The Morgan fingerprint density at radius 3 is 2.74 bits per heavy atom. The standard InChI is InChI=1S/C22H26N4O5S4/c1-25(35(30,31)20-6-3-9-32-20)18-5-2-4-15-12-17(24-21(15)18)22-23-14-16(33-22)13-19(27)26-7-10-34(28,29)11-8-26/h2-6,9,12,16,24,28-29H,7-8,10-11,13-14H2,1H3. The lowest BCUT2D eigenvalue weighted by atomic mass is 10.2. The van der Waals surface area contributed by atoms with Gasteiger partial charge in [0.1, 0.15) is 9.25 Å². The highest BCUT2D eigenvalue weighted by atomic mass is 32.3. The van der Waals surface area contributed by atoms with E-state index in [1.54, 1.807) is 35.5 Å². The van der Waals surface area contributed by atoms with Gasteiger partial charge in [-0.1, -0.05) is 30.0 Å². The second kappa shape index (κ2) is 9.45. The molecular weight excluding hydrogens is 529 g/mol. The molecule has 1 fully saturated rings. The van der Waals surface area contributed by atoms with E-state index in [-0.39, 0.29) is 26.9 Å². The first kappa shape index (κ1) is 24.7. The molecule has 0 saturated carbocycles. The third-order valence-corrected chi connectivity index (χ3v) is 12.2. The Kier molecular flexibility index (Phi) is 6.66. The number of sulfonamides is 1. The Morgan fingerprint density at radius 1 is 1.26 bits per heavy atom. The number of H-pyrrole nitrogens is 1. The third-order valence-electron chi connectivity index (χ3n) is 6.16. The highest BCUT2D eigenvalue weighted by Gasteiger charge is 2.30. The molecule has 4 heterocycles. The molecule has 0 bridgehead atoms. The van der Waals surface area contributed by atoms with E-state index in [4.69, 9.17) is 0 Å². The van der Waals surface area contributed by atoms with Crippen LogP contribution in [0.15, 0.2) is 51.0 Å². The van der Waals surface area contributed by atoms with Crippen LogP contribution in [0.5, 0.6) is 0 Å². The van der Waals surface area contributed by atoms with Gasteiger partial charge in [-0.2, -0.15) is 10.6 Å². The van der Waals surface area contributed by atoms with Crippen LogP contribution in [0.1, 0.15) is 12.1 Å². The number of nitrogens with one attached hydrogen (secondary N) is 1. The summed E-state index contributed by atoms with van der Waals surface area (Å²) in [7, 11) is -4.65. The van der Waals surface area contributed by atoms with Crippen molar-refractivity contribution in [3.8, 4) is 0 Å². The average molecular weight is 555 g/mol. The van der Waals surface area contributed by atoms with Crippen LogP contribution >= 0.6 is 33.7 Å². The fourth-order valence-corrected chi connectivity index (χ4v) is 8.84. The molecule has 1 aromatic carbocycles. The van der Waals surface area contributed by atoms with Gasteiger partial charge in [0.15, 0.2) is 0 Å². The number of carbonyl (C=O) groups is 1. The first-order chi connectivity index (χ1) is 16.6. The number of benzene rings is 1. The Balaban J connectivity index is 1.30. The van der Waals surface area contributed by atoms with Crippen LogP contribution in [-0.4, -0.2) is 81.8 Å². The molecule has 2 aliphatic heterocycles. The van der Waals surface area contributed by atoms with Gasteiger partial charge in [-0.25, -0.2) is 8.42 Å². The zero-order valence-electron chi connectivity index (χ0n) is 19.0. The summed E-state index contributed by atoms with van der Waals surface area (Å²) < 4.78 is 47.2. The maximum Gasteiger partial charge on any atom is 0.273 e. The number of rotatable bonds is 6. The number of thiophene rings is 1. The number of hydrogen-bond acceptors (Lipinski definition) is 8. The summed E-state index contributed by atoms with van der Waals surface area (Å²) in [5.41, 5.74) is 2.05. The number of nitrogens with zero attached hydrogens (tertiary/aromatic N) is 3. The molecule has 0 spiro atoms. The van der Waals surface area contributed by atoms with E-state index in [9.17, 15) is 22.3 Å². The molecule has 3 N–H and O–H groups in total. The minimum absolute atomic E-state index is 0.00699. The van der Waals surface area contributed by atoms with Gasteiger partial charge in [0.05, 0.1) is 34.9 Å². The van der Waals surface area contributed by atoms with Gasteiger partial charge in [0.25, 0.3) is 10.0 Å². The van der Waals surface area contributed by atoms with E-state index < -0.39 is 20.6 Å². The molecule has 9 nitrogen and oxygen atoms in total. The molecule has 3 aromatic rings. The zero-order valence-corrected chi connectivity index (χ0v) is 22.2. The highest BCUT2D eigenvalue weighted by molar-refractivity contribution is 8.24. The maximum atomic E-state index is 13.0. The van der Waals surface area contributed by atoms with E-state index >= 15 is 0 Å². The molecule has 13 heteroatoms. The summed E-state index contributed by atoms with van der Waals surface area (Å²) >= 11 is 2.72. The fraction of sp³-hybridized carbons (Fsp3) is 0.364. The van der Waals surface area contributed by atoms with E-state index in [1.165, 1.54) is 27.4 Å². The van der Waals surface area contributed by atoms with Crippen molar-refractivity contribution in [2.45, 2.75) is 15.9 Å². The normalized spacial score (nSPS) is 21.2. The zero-order chi connectivity index (χ0) is 24.8. The van der Waals surface area contributed by atoms with Crippen molar-refractivity contribution in [2.24, 2.45) is 4.99 Å². The topological polar surface area (TPSA) is 126 Å². The van der Waals surface area contributed by atoms with Crippen molar-refractivity contribution in [1.82, 2.24) is 9.88 Å². The van der Waals surface area contributed by atoms with Crippen LogP contribution in [0.2, 0.25) is 0 Å². The first-order valence-corrected chi connectivity index (χ1v) is 16.1. The molecule has 5 rings (SSSR count). The van der Waals surface area contributed by atoms with Crippen molar-refractivity contribution in [3.05, 3.63) is 47.5 Å². The van der Waals surface area contributed by atoms with Gasteiger partial charge >= 0.3 is 0 Å². The predicted molar refractivity (Wildman–Crippen MR) is 145 cm³/mol. The third kappa shape index (κ3) is 4.98. The summed E-state index contributed by atoms with van der Waals surface area (Å²) in [6.07, 6.45) is 0.337. The van der Waals surface area contributed by atoms with Crippen LogP contribution in [-0.2, 0) is 14.8 Å². The van der Waals surface area contributed by atoms with E-state index in [0.717, 1.165) is 16.1 Å². The van der Waals surface area contributed by atoms with Crippen molar-refractivity contribution in [1.29, 1.82) is 0 Å². The van der Waals surface area contributed by atoms with Gasteiger partial charge in [-0.15, -0.1) is 11.3 Å². The molecule has 35 heavy (non-hydrogen) atoms. The molecule has 188 valence electrons. The fourth-order valence-electron chi connectivity index (χ4n) is 4.16. The molecule has 1 atom stereocenters. The number of carbonyl (C=O) groups excluding carboxylic acids is 1. The number of anilines is 1. The van der Waals surface area contributed by atoms with Crippen molar-refractivity contribution in [2.75, 3.05) is 42.5 Å². The van der Waals surface area contributed by atoms with Crippen molar-refractivity contribution < 1.29 is 22.3 Å². The first-order valence-electron chi connectivity index (χ1n) is 11.0. The van der Waals surface area contributed by atoms with E-state index in [2.05, 4.69) is 9.98 Å². The molecular formula is C22H26N4O5S4. The number of aromatic amines is 1. The molecule has 1 saturated heterocycles. The number of aromatic nitrogens is 1. The van der Waals surface area contributed by atoms with Gasteiger partial charge < -0.3 is 9.88 Å². The number of fused-ring (bicyclic) bond motifs is 1. The molecule has 2 aliphatic rings. The molecule has 1 amide bonds. The lowest BCUT2D eigenvalue weighted by Crippen LogP contribution is -2.43. The van der Waals surface area contributed by atoms with Crippen LogP contribution < -0.4 is 4.31 Å². The van der Waals surface area contributed by atoms with Gasteiger partial charge in [0.2, 0.25) is 5.91 Å². The van der Waals surface area contributed by atoms with Crippen LogP contribution in [0.4, 0.5) is 5.69 Å². The number of hydrogen-bond donors (Lipinski definition) is 3. The molecule has 0 radical (unpaired) electrons. The van der Waals surface area contributed by atoms with Crippen LogP contribution in [0.3, 0.4) is 0 Å². The van der Waals surface area contributed by atoms with Gasteiger partial charge in [-0.05, 0) is 23.6 Å². The average Bonchev–Trinajstić information content (AvgIpc) is 3.58. The Morgan fingerprint density at radius 2 is 2.03 bits per heavy atom. The van der Waals surface area contributed by atoms with E-state index in [1.807, 2.05) is 18.2 Å². The largest absolute Gasteiger partial charge is 0.351 e. The molecule has 0 aliphatic carbocycles. The lowest BCUT2D eigenvalue weighted by molar-refractivity contribution is -0.130. The summed E-state index contributed by atoms with van der Waals surface area (Å²) in [6, 6.07) is 10.8. The van der Waals surface area contributed by atoms with Crippen LogP contribution in [0.25, 0.3) is 10.9 Å². The lowest BCUT2D eigenvalue weighted by Gasteiger charge is -2.41. The summed E-state index contributed by atoms with van der Waals surface area (Å²) in [6.45, 7) is 1.27. The Labute approximate surface area is 213 Å². The second-order valence-corrected chi connectivity index (χ2v) is 15.4. The minimum atomic E-state index is -3.67. The quantitative estimate of drug-likeness (QED) is 0.424.